The first-order chi connectivity index (χ1) is 7.14. The van der Waals surface area contributed by atoms with Crippen LogP contribution in [0, 0.1) is 5.92 Å². The maximum absolute atomic E-state index is 5.54. The van der Waals surface area contributed by atoms with Gasteiger partial charge in [0.05, 0.1) is 6.61 Å². The topological polar surface area (TPSA) is 36.9 Å². The Kier molecular flexibility index (Phi) is 8.27. The Bertz CT molecular complexity index is 142. The van der Waals surface area contributed by atoms with Gasteiger partial charge in [0.1, 0.15) is 0 Å². The summed E-state index contributed by atoms with van der Waals surface area (Å²) in [6.07, 6.45) is 1.14. The van der Waals surface area contributed by atoms with Gasteiger partial charge < -0.3 is 18.0 Å². The lowest BCUT2D eigenvalue weighted by Gasteiger charge is -2.24. The van der Waals surface area contributed by atoms with Crippen molar-refractivity contribution in [3.63, 3.8) is 0 Å². The fourth-order valence-corrected chi connectivity index (χ4v) is 2.66. The minimum atomic E-state index is -2.42. The van der Waals surface area contributed by atoms with E-state index in [0.29, 0.717) is 18.6 Å². The van der Waals surface area contributed by atoms with Gasteiger partial charge in [-0.1, -0.05) is 20.3 Å². The highest BCUT2D eigenvalue weighted by molar-refractivity contribution is 6.60. The lowest BCUT2D eigenvalue weighted by Crippen LogP contribution is -2.43. The minimum absolute atomic E-state index is 0.605. The monoisotopic (exact) mass is 236 g/mol. The third-order valence-corrected chi connectivity index (χ3v) is 5.27. The maximum Gasteiger partial charge on any atom is 0.502 e. The summed E-state index contributed by atoms with van der Waals surface area (Å²) in [5.41, 5.74) is 0. The van der Waals surface area contributed by atoms with Gasteiger partial charge in [-0.2, -0.15) is 0 Å². The van der Waals surface area contributed by atoms with Crippen LogP contribution in [0.1, 0.15) is 20.3 Å². The summed E-state index contributed by atoms with van der Waals surface area (Å²) in [5.74, 6) is 0.605. The predicted octanol–water partition coefficient (Wildman–Crippen LogP) is 1.93. The van der Waals surface area contributed by atoms with E-state index < -0.39 is 8.80 Å². The van der Waals surface area contributed by atoms with E-state index in [4.69, 9.17) is 18.0 Å². The summed E-state index contributed by atoms with van der Waals surface area (Å²) in [4.78, 5) is 0. The van der Waals surface area contributed by atoms with Gasteiger partial charge in [0.25, 0.3) is 0 Å². The maximum atomic E-state index is 5.54. The molecule has 92 valence electrons. The van der Waals surface area contributed by atoms with Crippen LogP contribution >= 0.6 is 0 Å². The molecule has 0 heterocycles. The van der Waals surface area contributed by atoms with E-state index in [9.17, 15) is 0 Å². The van der Waals surface area contributed by atoms with E-state index in [-0.39, 0.29) is 0 Å². The van der Waals surface area contributed by atoms with Crippen molar-refractivity contribution >= 4 is 8.80 Å². The molecule has 0 aromatic rings. The SMILES string of the molecule is CCC(C)COCC[Si](OC)(OC)OC. The van der Waals surface area contributed by atoms with E-state index in [1.54, 1.807) is 21.3 Å². The average molecular weight is 236 g/mol. The number of hydrogen-bond donors (Lipinski definition) is 0. The number of ether oxygens (including phenoxy) is 1. The Hall–Kier alpha value is 0.0569. The second-order valence-electron chi connectivity index (χ2n) is 3.63. The summed E-state index contributed by atoms with van der Waals surface area (Å²) in [6.45, 7) is 5.75. The van der Waals surface area contributed by atoms with E-state index in [1.165, 1.54) is 0 Å². The predicted molar refractivity (Wildman–Crippen MR) is 61.9 cm³/mol. The number of hydrogen-bond acceptors (Lipinski definition) is 4. The zero-order valence-electron chi connectivity index (χ0n) is 10.5. The lowest BCUT2D eigenvalue weighted by atomic mass is 10.1. The average Bonchev–Trinajstić information content (AvgIpc) is 2.30. The van der Waals surface area contributed by atoms with E-state index in [2.05, 4.69) is 13.8 Å². The molecule has 0 saturated carbocycles. The molecule has 15 heavy (non-hydrogen) atoms. The highest BCUT2D eigenvalue weighted by atomic mass is 28.4. The summed E-state index contributed by atoms with van der Waals surface area (Å²) < 4.78 is 21.4. The molecule has 0 aliphatic rings. The fourth-order valence-electron chi connectivity index (χ4n) is 1.16. The highest BCUT2D eigenvalue weighted by Gasteiger charge is 2.37. The molecule has 1 atom stereocenters. The van der Waals surface area contributed by atoms with Gasteiger partial charge >= 0.3 is 8.80 Å². The van der Waals surface area contributed by atoms with E-state index >= 15 is 0 Å². The van der Waals surface area contributed by atoms with Gasteiger partial charge in [-0.15, -0.1) is 0 Å². The molecule has 0 rings (SSSR count). The second-order valence-corrected chi connectivity index (χ2v) is 6.72. The summed E-state index contributed by atoms with van der Waals surface area (Å²) in [6, 6.07) is 0.701. The van der Waals surface area contributed by atoms with Crippen molar-refractivity contribution in [3.8, 4) is 0 Å². The van der Waals surface area contributed by atoms with Crippen LogP contribution in [-0.4, -0.2) is 43.3 Å². The molecule has 1 unspecified atom stereocenters. The zero-order valence-corrected chi connectivity index (χ0v) is 11.5. The van der Waals surface area contributed by atoms with Crippen LogP contribution in [0.15, 0.2) is 0 Å². The van der Waals surface area contributed by atoms with E-state index in [1.807, 2.05) is 0 Å². The smallest absolute Gasteiger partial charge is 0.381 e. The van der Waals surface area contributed by atoms with Crippen molar-refractivity contribution in [2.45, 2.75) is 26.3 Å². The Labute approximate surface area is 94.2 Å². The molecule has 0 bridgehead atoms. The molecule has 0 aliphatic heterocycles. The third kappa shape index (κ3) is 5.63. The first-order valence-corrected chi connectivity index (χ1v) is 7.30. The van der Waals surface area contributed by atoms with Crippen LogP contribution in [0.4, 0.5) is 0 Å². The molecule has 0 radical (unpaired) electrons. The van der Waals surface area contributed by atoms with Crippen LogP contribution in [-0.2, 0) is 18.0 Å². The Morgan fingerprint density at radius 2 is 1.60 bits per heavy atom. The number of rotatable bonds is 9. The Balaban J connectivity index is 3.72. The van der Waals surface area contributed by atoms with Gasteiger partial charge in [-0.05, 0) is 5.92 Å². The van der Waals surface area contributed by atoms with Gasteiger partial charge in [0.15, 0.2) is 0 Å². The van der Waals surface area contributed by atoms with Gasteiger partial charge in [-0.25, -0.2) is 0 Å². The molecule has 0 spiro atoms. The first-order valence-electron chi connectivity index (χ1n) is 5.37. The molecule has 4 nitrogen and oxygen atoms in total. The quantitative estimate of drug-likeness (QED) is 0.453. The van der Waals surface area contributed by atoms with Crippen molar-refractivity contribution in [2.75, 3.05) is 34.5 Å². The van der Waals surface area contributed by atoms with Gasteiger partial charge in [0.2, 0.25) is 0 Å². The summed E-state index contributed by atoms with van der Waals surface area (Å²) in [7, 11) is 2.43. The molecule has 5 heteroatoms. The zero-order chi connectivity index (χ0) is 11.7. The van der Waals surface area contributed by atoms with Crippen molar-refractivity contribution < 1.29 is 18.0 Å². The molecule has 0 aromatic heterocycles. The molecule has 0 aliphatic carbocycles. The molecular weight excluding hydrogens is 212 g/mol. The molecule has 0 amide bonds. The van der Waals surface area contributed by atoms with Crippen LogP contribution in [0.3, 0.4) is 0 Å². The van der Waals surface area contributed by atoms with Crippen LogP contribution in [0.5, 0.6) is 0 Å². The van der Waals surface area contributed by atoms with Crippen molar-refractivity contribution in [2.24, 2.45) is 5.92 Å². The highest BCUT2D eigenvalue weighted by Crippen LogP contribution is 2.12. The van der Waals surface area contributed by atoms with Crippen molar-refractivity contribution in [1.82, 2.24) is 0 Å². The molecular formula is C10H24O4Si. The van der Waals surface area contributed by atoms with Crippen molar-refractivity contribution in [1.29, 1.82) is 0 Å². The Morgan fingerprint density at radius 1 is 1.07 bits per heavy atom. The van der Waals surface area contributed by atoms with Crippen LogP contribution < -0.4 is 0 Å². The lowest BCUT2D eigenvalue weighted by molar-refractivity contribution is 0.0825. The minimum Gasteiger partial charge on any atom is -0.381 e. The van der Waals surface area contributed by atoms with Crippen LogP contribution in [0.2, 0.25) is 6.04 Å². The fraction of sp³-hybridized carbons (Fsp3) is 1.00. The van der Waals surface area contributed by atoms with E-state index in [0.717, 1.165) is 13.0 Å². The second kappa shape index (κ2) is 8.24. The third-order valence-electron chi connectivity index (χ3n) is 2.58. The van der Waals surface area contributed by atoms with Crippen molar-refractivity contribution in [3.05, 3.63) is 0 Å². The molecule has 0 fully saturated rings. The Morgan fingerprint density at radius 3 is 2.00 bits per heavy atom. The molecule has 0 aromatic carbocycles. The van der Waals surface area contributed by atoms with Crippen LogP contribution in [0.25, 0.3) is 0 Å². The normalized spacial score (nSPS) is 14.2. The van der Waals surface area contributed by atoms with Gasteiger partial charge in [0, 0.05) is 34.0 Å². The summed E-state index contributed by atoms with van der Waals surface area (Å²) in [5, 5.41) is 0. The van der Waals surface area contributed by atoms with Gasteiger partial charge in [-0.3, -0.25) is 0 Å². The molecule has 0 N–H and O–H groups in total. The first kappa shape index (κ1) is 15.1. The largest absolute Gasteiger partial charge is 0.502 e. The molecule has 0 saturated heterocycles. The summed E-state index contributed by atoms with van der Waals surface area (Å²) >= 11 is 0. The standard InChI is InChI=1S/C10H24O4Si/c1-6-10(2)9-14-7-8-15(11-3,12-4)13-5/h10H,6-9H2,1-5H3.